The lowest BCUT2D eigenvalue weighted by Gasteiger charge is -2.05. The summed E-state index contributed by atoms with van der Waals surface area (Å²) in [6.45, 7) is 0.467. The van der Waals surface area contributed by atoms with Gasteiger partial charge in [-0.1, -0.05) is 30.3 Å². The molecule has 0 aliphatic rings. The molecule has 0 fully saturated rings. The van der Waals surface area contributed by atoms with Crippen LogP contribution in [-0.4, -0.2) is 17.4 Å². The predicted octanol–water partition coefficient (Wildman–Crippen LogP) is 3.28. The molecule has 2 N–H and O–H groups in total. The summed E-state index contributed by atoms with van der Waals surface area (Å²) in [5, 5.41) is 3.90. The Morgan fingerprint density at radius 2 is 1.86 bits per heavy atom. The van der Waals surface area contributed by atoms with Gasteiger partial charge in [0.2, 0.25) is 0 Å². The molecule has 1 heterocycles. The highest BCUT2D eigenvalue weighted by Gasteiger charge is 2.10. The van der Waals surface area contributed by atoms with E-state index < -0.39 is 5.82 Å². The monoisotopic (exact) mass is 282 g/mol. The van der Waals surface area contributed by atoms with Crippen LogP contribution >= 0.6 is 0 Å². The first kappa shape index (κ1) is 13.4. The summed E-state index contributed by atoms with van der Waals surface area (Å²) in [4.78, 5) is 15.1. The number of fused-ring (bicyclic) bond motifs is 1. The zero-order valence-corrected chi connectivity index (χ0v) is 11.4. The van der Waals surface area contributed by atoms with E-state index in [1.54, 1.807) is 12.1 Å². The van der Waals surface area contributed by atoms with Crippen LogP contribution in [0.1, 0.15) is 15.9 Å². The molecule has 1 aromatic heterocycles. The maximum Gasteiger partial charge on any atom is 0.254 e. The summed E-state index contributed by atoms with van der Waals surface area (Å²) in [5.74, 6) is -0.880. The van der Waals surface area contributed by atoms with Gasteiger partial charge in [0.15, 0.2) is 0 Å². The van der Waals surface area contributed by atoms with Crippen molar-refractivity contribution in [1.82, 2.24) is 10.3 Å². The quantitative estimate of drug-likeness (QED) is 0.758. The van der Waals surface area contributed by atoms with Crippen molar-refractivity contribution in [1.29, 1.82) is 0 Å². The Kier molecular flexibility index (Phi) is 3.69. The lowest BCUT2D eigenvalue weighted by Crippen LogP contribution is -2.26. The number of amides is 1. The zero-order valence-electron chi connectivity index (χ0n) is 11.4. The second-order valence-corrected chi connectivity index (χ2v) is 4.85. The number of hydrogen-bond acceptors (Lipinski definition) is 1. The first-order valence-corrected chi connectivity index (χ1v) is 6.83. The highest BCUT2D eigenvalue weighted by molar-refractivity contribution is 5.94. The average Bonchev–Trinajstić information content (AvgIpc) is 2.91. The fourth-order valence-electron chi connectivity index (χ4n) is 2.39. The van der Waals surface area contributed by atoms with E-state index in [2.05, 4.69) is 10.3 Å². The molecule has 0 saturated heterocycles. The molecule has 2 aromatic carbocycles. The Bertz CT molecular complexity index is 779. The molecule has 1 amide bonds. The lowest BCUT2D eigenvalue weighted by atomic mass is 10.1. The van der Waals surface area contributed by atoms with Crippen LogP contribution in [0.4, 0.5) is 4.39 Å². The van der Waals surface area contributed by atoms with Crippen LogP contribution in [0.15, 0.2) is 54.7 Å². The van der Waals surface area contributed by atoms with Crippen molar-refractivity contribution in [3.63, 3.8) is 0 Å². The van der Waals surface area contributed by atoms with E-state index in [1.165, 1.54) is 12.1 Å². The van der Waals surface area contributed by atoms with Crippen molar-refractivity contribution in [2.75, 3.05) is 6.54 Å². The summed E-state index contributed by atoms with van der Waals surface area (Å²) >= 11 is 0. The van der Waals surface area contributed by atoms with Crippen molar-refractivity contribution < 1.29 is 9.18 Å². The number of carbonyl (C=O) groups is 1. The van der Waals surface area contributed by atoms with Crippen LogP contribution in [0.5, 0.6) is 0 Å². The summed E-state index contributed by atoms with van der Waals surface area (Å²) < 4.78 is 13.5. The summed E-state index contributed by atoms with van der Waals surface area (Å²) in [6, 6.07) is 14.0. The van der Waals surface area contributed by atoms with Crippen LogP contribution in [-0.2, 0) is 6.42 Å². The van der Waals surface area contributed by atoms with Gasteiger partial charge in [0.05, 0.1) is 5.56 Å². The Balaban J connectivity index is 1.64. The second kappa shape index (κ2) is 5.79. The van der Waals surface area contributed by atoms with Gasteiger partial charge in [0.25, 0.3) is 5.91 Å². The van der Waals surface area contributed by atoms with Crippen molar-refractivity contribution in [3.05, 3.63) is 71.7 Å². The van der Waals surface area contributed by atoms with Crippen LogP contribution < -0.4 is 5.32 Å². The molecule has 3 rings (SSSR count). The van der Waals surface area contributed by atoms with Crippen LogP contribution in [0, 0.1) is 5.82 Å². The second-order valence-electron chi connectivity index (χ2n) is 4.85. The van der Waals surface area contributed by atoms with E-state index in [9.17, 15) is 9.18 Å². The van der Waals surface area contributed by atoms with Gasteiger partial charge in [-0.15, -0.1) is 0 Å². The maximum absolute atomic E-state index is 13.5. The summed E-state index contributed by atoms with van der Waals surface area (Å²) in [5.41, 5.74) is 2.30. The number of aromatic amines is 1. The molecular weight excluding hydrogens is 267 g/mol. The molecule has 4 heteroatoms. The number of aromatic nitrogens is 1. The van der Waals surface area contributed by atoms with E-state index in [1.807, 2.05) is 30.5 Å². The third-order valence-electron chi connectivity index (χ3n) is 3.47. The molecule has 0 atom stereocenters. The van der Waals surface area contributed by atoms with Gasteiger partial charge >= 0.3 is 0 Å². The molecular formula is C17H15FN2O. The minimum Gasteiger partial charge on any atom is -0.361 e. The normalized spacial score (nSPS) is 10.7. The molecule has 0 radical (unpaired) electrons. The van der Waals surface area contributed by atoms with Crippen LogP contribution in [0.25, 0.3) is 10.9 Å². The van der Waals surface area contributed by atoms with Gasteiger partial charge in [-0.25, -0.2) is 4.39 Å². The smallest absolute Gasteiger partial charge is 0.254 e. The Hall–Kier alpha value is -2.62. The van der Waals surface area contributed by atoms with Gasteiger partial charge < -0.3 is 10.3 Å². The first-order valence-electron chi connectivity index (χ1n) is 6.83. The number of rotatable bonds is 4. The molecule has 0 unspecified atom stereocenters. The van der Waals surface area contributed by atoms with Gasteiger partial charge in [-0.2, -0.15) is 0 Å². The minimum atomic E-state index is -0.498. The lowest BCUT2D eigenvalue weighted by molar-refractivity contribution is 0.0950. The molecule has 0 saturated carbocycles. The zero-order chi connectivity index (χ0) is 14.7. The number of H-pyrrole nitrogens is 1. The number of carbonyl (C=O) groups excluding carboxylic acids is 1. The molecule has 106 valence electrons. The number of halogens is 1. The molecule has 0 aliphatic heterocycles. The molecule has 0 bridgehead atoms. The van der Waals surface area contributed by atoms with Gasteiger partial charge in [-0.3, -0.25) is 4.79 Å². The topological polar surface area (TPSA) is 44.9 Å². The van der Waals surface area contributed by atoms with Crippen LogP contribution in [0.2, 0.25) is 0 Å². The Labute approximate surface area is 121 Å². The molecule has 3 aromatic rings. The van der Waals surface area contributed by atoms with Gasteiger partial charge in [-0.05, 0) is 30.2 Å². The molecule has 0 spiro atoms. The van der Waals surface area contributed by atoms with E-state index in [0.29, 0.717) is 13.0 Å². The number of para-hydroxylation sites is 1. The largest absolute Gasteiger partial charge is 0.361 e. The summed E-state index contributed by atoms with van der Waals surface area (Å²) in [6.07, 6.45) is 2.64. The van der Waals surface area contributed by atoms with Gasteiger partial charge in [0.1, 0.15) is 5.82 Å². The van der Waals surface area contributed by atoms with E-state index in [4.69, 9.17) is 0 Å². The highest BCUT2D eigenvalue weighted by atomic mass is 19.1. The Morgan fingerprint density at radius 1 is 1.10 bits per heavy atom. The standard InChI is InChI=1S/C17H15FN2O/c18-15-7-3-1-6-14(15)17(21)19-10-9-12-11-20-16-8-4-2-5-13(12)16/h1-8,11,20H,9-10H2,(H,19,21). The third-order valence-corrected chi connectivity index (χ3v) is 3.47. The number of hydrogen-bond donors (Lipinski definition) is 2. The number of benzene rings is 2. The first-order chi connectivity index (χ1) is 10.3. The third kappa shape index (κ3) is 2.79. The Morgan fingerprint density at radius 3 is 2.71 bits per heavy atom. The van der Waals surface area contributed by atoms with Gasteiger partial charge in [0, 0.05) is 23.6 Å². The van der Waals surface area contributed by atoms with Crippen LogP contribution in [0.3, 0.4) is 0 Å². The number of nitrogens with one attached hydrogen (secondary N) is 2. The SMILES string of the molecule is O=C(NCCc1c[nH]c2ccccc12)c1ccccc1F. The van der Waals surface area contributed by atoms with Crippen molar-refractivity contribution in [3.8, 4) is 0 Å². The van der Waals surface area contributed by atoms with Crippen molar-refractivity contribution in [2.24, 2.45) is 0 Å². The van der Waals surface area contributed by atoms with Crippen molar-refractivity contribution >= 4 is 16.8 Å². The summed E-state index contributed by atoms with van der Waals surface area (Å²) in [7, 11) is 0. The van der Waals surface area contributed by atoms with E-state index >= 15 is 0 Å². The maximum atomic E-state index is 13.5. The van der Waals surface area contributed by atoms with Crippen molar-refractivity contribution in [2.45, 2.75) is 6.42 Å². The molecule has 0 aliphatic carbocycles. The molecule has 3 nitrogen and oxygen atoms in total. The fourth-order valence-corrected chi connectivity index (χ4v) is 2.39. The minimum absolute atomic E-state index is 0.0800. The average molecular weight is 282 g/mol. The predicted molar refractivity (Wildman–Crippen MR) is 80.7 cm³/mol. The van der Waals surface area contributed by atoms with E-state index in [-0.39, 0.29) is 11.5 Å². The highest BCUT2D eigenvalue weighted by Crippen LogP contribution is 2.17. The fraction of sp³-hybridized carbons (Fsp3) is 0.118. The molecule has 21 heavy (non-hydrogen) atoms. The van der Waals surface area contributed by atoms with E-state index in [0.717, 1.165) is 16.5 Å².